The highest BCUT2D eigenvalue weighted by molar-refractivity contribution is 7.90. The summed E-state index contributed by atoms with van der Waals surface area (Å²) in [5.74, 6) is 0.913. The Balaban J connectivity index is 2.27. The summed E-state index contributed by atoms with van der Waals surface area (Å²) in [4.78, 5) is 0. The molecule has 0 aromatic rings. The van der Waals surface area contributed by atoms with Crippen LogP contribution in [-0.2, 0) is 9.84 Å². The molecule has 1 heterocycles. The molecule has 1 atom stereocenters. The minimum atomic E-state index is -2.76. The highest BCUT2D eigenvalue weighted by atomic mass is 32.2. The standard InChI is InChI=1S/C9H19NO2S/c1-13(11,12)7-5-9-4-2-3-6-10-8-9/h9-10H,2-8H2,1H3. The van der Waals surface area contributed by atoms with Crippen LogP contribution in [-0.4, -0.2) is 33.5 Å². The zero-order valence-corrected chi connectivity index (χ0v) is 9.07. The quantitative estimate of drug-likeness (QED) is 0.741. The van der Waals surface area contributed by atoms with Crippen molar-refractivity contribution in [2.24, 2.45) is 5.92 Å². The Kier molecular flexibility index (Phi) is 4.19. The Morgan fingerprint density at radius 2 is 2.15 bits per heavy atom. The van der Waals surface area contributed by atoms with Gasteiger partial charge in [0.15, 0.2) is 0 Å². The molecular formula is C9H19NO2S. The maximum absolute atomic E-state index is 10.9. The maximum Gasteiger partial charge on any atom is 0.147 e. The number of sulfone groups is 1. The van der Waals surface area contributed by atoms with Crippen LogP contribution in [0.5, 0.6) is 0 Å². The Morgan fingerprint density at radius 3 is 2.85 bits per heavy atom. The predicted octanol–water partition coefficient (Wildman–Crippen LogP) is 0.811. The van der Waals surface area contributed by atoms with Crippen molar-refractivity contribution in [1.29, 1.82) is 0 Å². The van der Waals surface area contributed by atoms with Gasteiger partial charge in [-0.1, -0.05) is 6.42 Å². The summed E-state index contributed by atoms with van der Waals surface area (Å²) in [6, 6.07) is 0. The molecule has 0 aromatic heterocycles. The second kappa shape index (κ2) is 4.96. The van der Waals surface area contributed by atoms with E-state index in [-0.39, 0.29) is 0 Å². The van der Waals surface area contributed by atoms with E-state index in [2.05, 4.69) is 5.32 Å². The molecule has 3 nitrogen and oxygen atoms in total. The summed E-state index contributed by atoms with van der Waals surface area (Å²) >= 11 is 0. The van der Waals surface area contributed by atoms with Crippen molar-refractivity contribution in [3.05, 3.63) is 0 Å². The van der Waals surface area contributed by atoms with Crippen molar-refractivity contribution in [3.8, 4) is 0 Å². The molecule has 1 N–H and O–H groups in total. The van der Waals surface area contributed by atoms with E-state index in [0.29, 0.717) is 11.7 Å². The van der Waals surface area contributed by atoms with Gasteiger partial charge in [0.25, 0.3) is 0 Å². The fourth-order valence-electron chi connectivity index (χ4n) is 1.72. The molecule has 1 unspecified atom stereocenters. The molecule has 0 aliphatic carbocycles. The number of hydrogen-bond donors (Lipinski definition) is 1. The number of rotatable bonds is 3. The zero-order chi connectivity index (χ0) is 9.73. The monoisotopic (exact) mass is 205 g/mol. The molecular weight excluding hydrogens is 186 g/mol. The lowest BCUT2D eigenvalue weighted by Gasteiger charge is -2.12. The molecule has 0 aromatic carbocycles. The Bertz CT molecular complexity index is 228. The average Bonchev–Trinajstić information content (AvgIpc) is 2.26. The summed E-state index contributed by atoms with van der Waals surface area (Å²) in [6.07, 6.45) is 5.79. The van der Waals surface area contributed by atoms with Crippen LogP contribution in [0.25, 0.3) is 0 Å². The molecule has 1 saturated heterocycles. The van der Waals surface area contributed by atoms with Gasteiger partial charge in [0.1, 0.15) is 9.84 Å². The number of hydrogen-bond acceptors (Lipinski definition) is 3. The van der Waals surface area contributed by atoms with Crippen molar-refractivity contribution < 1.29 is 8.42 Å². The van der Waals surface area contributed by atoms with Crippen molar-refractivity contribution in [1.82, 2.24) is 5.32 Å². The molecule has 1 rings (SSSR count). The molecule has 0 amide bonds. The van der Waals surface area contributed by atoms with Crippen LogP contribution < -0.4 is 5.32 Å². The van der Waals surface area contributed by atoms with E-state index in [9.17, 15) is 8.42 Å². The van der Waals surface area contributed by atoms with Gasteiger partial charge in [-0.15, -0.1) is 0 Å². The first-order chi connectivity index (χ1) is 6.08. The van der Waals surface area contributed by atoms with Crippen LogP contribution in [0.3, 0.4) is 0 Å². The molecule has 0 bridgehead atoms. The van der Waals surface area contributed by atoms with Gasteiger partial charge in [-0.2, -0.15) is 0 Å². The van der Waals surface area contributed by atoms with Crippen molar-refractivity contribution in [2.45, 2.75) is 25.7 Å². The van der Waals surface area contributed by atoms with E-state index in [1.807, 2.05) is 0 Å². The molecule has 0 radical (unpaired) electrons. The minimum absolute atomic E-state index is 0.347. The molecule has 1 aliphatic rings. The third-order valence-corrected chi connectivity index (χ3v) is 3.52. The maximum atomic E-state index is 10.9. The Hall–Kier alpha value is -0.0900. The van der Waals surface area contributed by atoms with Gasteiger partial charge in [0, 0.05) is 6.26 Å². The van der Waals surface area contributed by atoms with Crippen LogP contribution >= 0.6 is 0 Å². The van der Waals surface area contributed by atoms with Crippen molar-refractivity contribution in [3.63, 3.8) is 0 Å². The lowest BCUT2D eigenvalue weighted by Crippen LogP contribution is -2.22. The lowest BCUT2D eigenvalue weighted by atomic mass is 10.0. The second-order valence-corrected chi connectivity index (χ2v) is 6.24. The average molecular weight is 205 g/mol. The fourth-order valence-corrected chi connectivity index (χ4v) is 2.48. The largest absolute Gasteiger partial charge is 0.316 e. The van der Waals surface area contributed by atoms with Gasteiger partial charge in [-0.05, 0) is 38.3 Å². The van der Waals surface area contributed by atoms with Gasteiger partial charge in [0.2, 0.25) is 0 Å². The van der Waals surface area contributed by atoms with E-state index >= 15 is 0 Å². The van der Waals surface area contributed by atoms with Crippen LogP contribution in [0.1, 0.15) is 25.7 Å². The third kappa shape index (κ3) is 5.26. The smallest absolute Gasteiger partial charge is 0.147 e. The molecule has 0 spiro atoms. The second-order valence-electron chi connectivity index (χ2n) is 3.98. The van der Waals surface area contributed by atoms with E-state index in [0.717, 1.165) is 19.5 Å². The summed E-state index contributed by atoms with van der Waals surface area (Å²) < 4.78 is 21.9. The Morgan fingerprint density at radius 1 is 1.38 bits per heavy atom. The fraction of sp³-hybridized carbons (Fsp3) is 1.00. The minimum Gasteiger partial charge on any atom is -0.316 e. The Labute approximate surface area is 80.8 Å². The van der Waals surface area contributed by atoms with E-state index < -0.39 is 9.84 Å². The first-order valence-electron chi connectivity index (χ1n) is 4.96. The molecule has 78 valence electrons. The molecule has 13 heavy (non-hydrogen) atoms. The summed E-state index contributed by atoms with van der Waals surface area (Å²) in [6.45, 7) is 2.09. The van der Waals surface area contributed by atoms with Gasteiger partial charge < -0.3 is 5.32 Å². The highest BCUT2D eigenvalue weighted by Crippen LogP contribution is 2.15. The summed E-state index contributed by atoms with van der Waals surface area (Å²) in [5.41, 5.74) is 0. The molecule has 0 saturated carbocycles. The SMILES string of the molecule is CS(=O)(=O)CCC1CCCCNC1. The van der Waals surface area contributed by atoms with Crippen LogP contribution in [0.15, 0.2) is 0 Å². The van der Waals surface area contributed by atoms with Gasteiger partial charge in [-0.3, -0.25) is 0 Å². The predicted molar refractivity (Wildman–Crippen MR) is 54.5 cm³/mol. The first kappa shape index (κ1) is 11.0. The van der Waals surface area contributed by atoms with E-state index in [1.165, 1.54) is 25.5 Å². The van der Waals surface area contributed by atoms with E-state index in [1.54, 1.807) is 0 Å². The van der Waals surface area contributed by atoms with Gasteiger partial charge in [-0.25, -0.2) is 8.42 Å². The van der Waals surface area contributed by atoms with Crippen LogP contribution in [0, 0.1) is 5.92 Å². The van der Waals surface area contributed by atoms with Crippen LogP contribution in [0.2, 0.25) is 0 Å². The van der Waals surface area contributed by atoms with E-state index in [4.69, 9.17) is 0 Å². The van der Waals surface area contributed by atoms with Gasteiger partial charge in [0.05, 0.1) is 5.75 Å². The lowest BCUT2D eigenvalue weighted by molar-refractivity contribution is 0.464. The summed E-state index contributed by atoms with van der Waals surface area (Å²) in [5, 5.41) is 3.34. The van der Waals surface area contributed by atoms with Gasteiger partial charge >= 0.3 is 0 Å². The third-order valence-electron chi connectivity index (χ3n) is 2.55. The number of nitrogens with one attached hydrogen (secondary N) is 1. The molecule has 1 aliphatic heterocycles. The zero-order valence-electron chi connectivity index (χ0n) is 8.25. The topological polar surface area (TPSA) is 46.2 Å². The molecule has 4 heteroatoms. The van der Waals surface area contributed by atoms with Crippen molar-refractivity contribution >= 4 is 9.84 Å². The first-order valence-corrected chi connectivity index (χ1v) is 7.02. The van der Waals surface area contributed by atoms with Crippen molar-refractivity contribution in [2.75, 3.05) is 25.1 Å². The normalized spacial score (nSPS) is 25.5. The highest BCUT2D eigenvalue weighted by Gasteiger charge is 2.13. The summed E-state index contributed by atoms with van der Waals surface area (Å²) in [7, 11) is -2.76. The molecule has 1 fully saturated rings. The van der Waals surface area contributed by atoms with Crippen LogP contribution in [0.4, 0.5) is 0 Å².